The highest BCUT2D eigenvalue weighted by molar-refractivity contribution is 6.33. The van der Waals surface area contributed by atoms with Crippen molar-refractivity contribution in [3.05, 3.63) is 46.1 Å². The van der Waals surface area contributed by atoms with Gasteiger partial charge in [0.15, 0.2) is 0 Å². The quantitative estimate of drug-likeness (QED) is 0.937. The molecule has 1 aromatic heterocycles. The lowest BCUT2D eigenvalue weighted by molar-refractivity contribution is -0.374. The number of aromatic amines is 1. The second-order valence-electron chi connectivity index (χ2n) is 5.58. The van der Waals surface area contributed by atoms with E-state index in [2.05, 4.69) is 24.9 Å². The molecule has 108 valence electrons. The first-order chi connectivity index (χ1) is 9.95. The Morgan fingerprint density at radius 2 is 2.00 bits per heavy atom. The van der Waals surface area contributed by atoms with E-state index in [-0.39, 0.29) is 0 Å². The lowest BCUT2D eigenvalue weighted by atomic mass is 9.92. The number of nitrogen functional groups attached to an aromatic ring is 1. The molecular weight excluding hydrogens is 282 g/mol. The first kappa shape index (κ1) is 15.3. The second-order valence-corrected chi connectivity index (χ2v) is 5.99. The first-order valence-electron chi connectivity index (χ1n) is 6.95. The highest BCUT2D eigenvalue weighted by atomic mass is 35.5. The molecular formula is C17H19ClN3+. The molecule has 0 spiro atoms. The van der Waals surface area contributed by atoms with E-state index in [1.807, 2.05) is 31.2 Å². The van der Waals surface area contributed by atoms with Gasteiger partial charge in [-0.1, -0.05) is 43.6 Å². The Morgan fingerprint density at radius 3 is 2.57 bits per heavy atom. The summed E-state index contributed by atoms with van der Waals surface area (Å²) in [6, 6.07) is 9.73. The van der Waals surface area contributed by atoms with E-state index >= 15 is 0 Å². The number of hydrogen-bond acceptors (Lipinski definition) is 2. The van der Waals surface area contributed by atoms with Crippen LogP contribution in [0.3, 0.4) is 0 Å². The number of anilines is 1. The van der Waals surface area contributed by atoms with Crippen LogP contribution < -0.4 is 10.7 Å². The molecule has 3 nitrogen and oxygen atoms in total. The van der Waals surface area contributed by atoms with Crippen molar-refractivity contribution in [1.82, 2.24) is 0 Å². The number of nitrogens with two attached hydrogens (primary N) is 1. The lowest BCUT2D eigenvalue weighted by Gasteiger charge is -2.14. The van der Waals surface area contributed by atoms with Crippen molar-refractivity contribution in [2.24, 2.45) is 5.92 Å². The summed E-state index contributed by atoms with van der Waals surface area (Å²) in [6.07, 6.45) is 0.874. The summed E-state index contributed by atoms with van der Waals surface area (Å²) in [5, 5.41) is 10.1. The smallest absolute Gasteiger partial charge is 0.286 e. The molecule has 0 aliphatic carbocycles. The molecule has 3 N–H and O–H groups in total. The molecule has 0 amide bonds. The van der Waals surface area contributed by atoms with Gasteiger partial charge >= 0.3 is 0 Å². The normalized spacial score (nSPS) is 10.7. The fourth-order valence-electron chi connectivity index (χ4n) is 2.52. The van der Waals surface area contributed by atoms with E-state index < -0.39 is 0 Å². The number of H-pyrrole nitrogens is 1. The van der Waals surface area contributed by atoms with Gasteiger partial charge in [-0.25, -0.2) is 4.98 Å². The zero-order valence-electron chi connectivity index (χ0n) is 12.5. The molecule has 0 aliphatic heterocycles. The van der Waals surface area contributed by atoms with Crippen molar-refractivity contribution < 1.29 is 4.98 Å². The number of nitriles is 1. The second kappa shape index (κ2) is 6.15. The predicted molar refractivity (Wildman–Crippen MR) is 85.9 cm³/mol. The number of halogens is 1. The zero-order valence-corrected chi connectivity index (χ0v) is 13.3. The Morgan fingerprint density at radius 1 is 1.33 bits per heavy atom. The van der Waals surface area contributed by atoms with Crippen LogP contribution in [-0.4, -0.2) is 0 Å². The van der Waals surface area contributed by atoms with Gasteiger partial charge in [0.05, 0.1) is 0 Å². The topological polar surface area (TPSA) is 63.9 Å². The third-order valence-corrected chi connectivity index (χ3v) is 3.83. The Hall–Kier alpha value is -2.05. The number of benzene rings is 1. The van der Waals surface area contributed by atoms with Crippen LogP contribution in [0, 0.1) is 24.2 Å². The Labute approximate surface area is 130 Å². The van der Waals surface area contributed by atoms with Gasteiger partial charge in [0, 0.05) is 28.1 Å². The maximum atomic E-state index is 9.46. The van der Waals surface area contributed by atoms with E-state index in [1.54, 1.807) is 0 Å². The van der Waals surface area contributed by atoms with Crippen LogP contribution in [0.4, 0.5) is 5.82 Å². The molecule has 0 fully saturated rings. The first-order valence-corrected chi connectivity index (χ1v) is 7.32. The molecule has 0 bridgehead atoms. The molecule has 0 radical (unpaired) electrons. The van der Waals surface area contributed by atoms with Gasteiger partial charge in [0.25, 0.3) is 5.82 Å². The van der Waals surface area contributed by atoms with Crippen molar-refractivity contribution in [2.45, 2.75) is 27.2 Å². The molecule has 2 aromatic rings. The van der Waals surface area contributed by atoms with Crippen molar-refractivity contribution >= 4 is 17.4 Å². The van der Waals surface area contributed by atoms with Crippen molar-refractivity contribution in [3.63, 3.8) is 0 Å². The van der Waals surface area contributed by atoms with Gasteiger partial charge < -0.3 is 0 Å². The molecule has 21 heavy (non-hydrogen) atoms. The summed E-state index contributed by atoms with van der Waals surface area (Å²) in [6.45, 7) is 6.31. The van der Waals surface area contributed by atoms with Crippen LogP contribution in [-0.2, 0) is 6.42 Å². The van der Waals surface area contributed by atoms with Crippen LogP contribution >= 0.6 is 11.6 Å². The van der Waals surface area contributed by atoms with E-state index in [1.165, 1.54) is 0 Å². The SMILES string of the molecule is Cc1c(CC(C)C)[nH+]c(N)c(C#N)c1-c1ccccc1Cl. The van der Waals surface area contributed by atoms with Crippen LogP contribution in [0.5, 0.6) is 0 Å². The maximum Gasteiger partial charge on any atom is 0.289 e. The Kier molecular flexibility index (Phi) is 4.50. The van der Waals surface area contributed by atoms with Crippen LogP contribution in [0.2, 0.25) is 5.02 Å². The summed E-state index contributed by atoms with van der Waals surface area (Å²) in [5.74, 6) is 0.889. The molecule has 0 atom stereocenters. The molecule has 0 saturated heterocycles. The monoisotopic (exact) mass is 300 g/mol. The summed E-state index contributed by atoms with van der Waals surface area (Å²) in [5.41, 5.74) is 10.3. The zero-order chi connectivity index (χ0) is 15.6. The van der Waals surface area contributed by atoms with E-state index in [9.17, 15) is 5.26 Å². The molecule has 1 aromatic carbocycles. The molecule has 0 saturated carbocycles. The average Bonchev–Trinajstić information content (AvgIpc) is 2.42. The van der Waals surface area contributed by atoms with Crippen LogP contribution in [0.25, 0.3) is 11.1 Å². The van der Waals surface area contributed by atoms with Gasteiger partial charge in [-0.15, -0.1) is 0 Å². The number of hydrogen-bond donors (Lipinski definition) is 1. The minimum absolute atomic E-state index is 0.397. The molecule has 1 heterocycles. The Balaban J connectivity index is 2.77. The number of nitrogens with zero attached hydrogens (tertiary/aromatic N) is 1. The number of aromatic nitrogens is 1. The highest BCUT2D eigenvalue weighted by Gasteiger charge is 2.22. The van der Waals surface area contributed by atoms with Gasteiger partial charge in [-0.3, -0.25) is 5.73 Å². The summed E-state index contributed by atoms with van der Waals surface area (Å²) in [7, 11) is 0. The van der Waals surface area contributed by atoms with E-state index in [0.29, 0.717) is 22.3 Å². The van der Waals surface area contributed by atoms with E-state index in [0.717, 1.165) is 28.8 Å². The fraction of sp³-hybridized carbons (Fsp3) is 0.294. The summed E-state index contributed by atoms with van der Waals surface area (Å²) < 4.78 is 0. The third kappa shape index (κ3) is 3.01. The Bertz CT molecular complexity index is 715. The number of nitrogens with one attached hydrogen (secondary N) is 1. The third-order valence-electron chi connectivity index (χ3n) is 3.50. The number of rotatable bonds is 3. The molecule has 4 heteroatoms. The van der Waals surface area contributed by atoms with Crippen molar-refractivity contribution in [2.75, 3.05) is 5.73 Å². The van der Waals surface area contributed by atoms with Gasteiger partial charge in [0.1, 0.15) is 17.3 Å². The van der Waals surface area contributed by atoms with Gasteiger partial charge in [-0.05, 0) is 18.9 Å². The number of pyridine rings is 1. The van der Waals surface area contributed by atoms with Crippen LogP contribution in [0.15, 0.2) is 24.3 Å². The van der Waals surface area contributed by atoms with Crippen molar-refractivity contribution in [1.29, 1.82) is 5.26 Å². The van der Waals surface area contributed by atoms with Crippen molar-refractivity contribution in [3.8, 4) is 17.2 Å². The predicted octanol–water partition coefficient (Wildman–Crippen LogP) is 3.78. The highest BCUT2D eigenvalue weighted by Crippen LogP contribution is 2.35. The van der Waals surface area contributed by atoms with Gasteiger partial charge in [-0.2, -0.15) is 5.26 Å². The van der Waals surface area contributed by atoms with Crippen LogP contribution in [0.1, 0.15) is 30.7 Å². The minimum atomic E-state index is 0.397. The van der Waals surface area contributed by atoms with Gasteiger partial charge in [0.2, 0.25) is 0 Å². The summed E-state index contributed by atoms with van der Waals surface area (Å²) >= 11 is 6.31. The van der Waals surface area contributed by atoms with E-state index in [4.69, 9.17) is 17.3 Å². The fourth-order valence-corrected chi connectivity index (χ4v) is 2.75. The lowest BCUT2D eigenvalue weighted by Crippen LogP contribution is -2.22. The minimum Gasteiger partial charge on any atom is -0.286 e. The molecule has 2 rings (SSSR count). The largest absolute Gasteiger partial charge is 0.289 e. The maximum absolute atomic E-state index is 9.46. The summed E-state index contributed by atoms with van der Waals surface area (Å²) in [4.78, 5) is 3.17. The molecule has 0 unspecified atom stereocenters. The molecule has 0 aliphatic rings. The average molecular weight is 301 g/mol. The standard InChI is InChI=1S/C17H18ClN3/c1-10(2)8-15-11(3)16(13(9-19)17(20)21-15)12-6-4-5-7-14(12)18/h4-7,10H,8H2,1-3H3,(H2,20,21)/p+1.